The van der Waals surface area contributed by atoms with E-state index in [9.17, 15) is 4.21 Å². The van der Waals surface area contributed by atoms with Gasteiger partial charge in [0.25, 0.3) is 0 Å². The van der Waals surface area contributed by atoms with Gasteiger partial charge in [0.1, 0.15) is 0 Å². The predicted octanol–water partition coefficient (Wildman–Crippen LogP) is 3.33. The van der Waals surface area contributed by atoms with Crippen molar-refractivity contribution in [2.45, 2.75) is 11.7 Å². The van der Waals surface area contributed by atoms with E-state index in [2.05, 4.69) is 0 Å². The van der Waals surface area contributed by atoms with Crippen LogP contribution in [0, 0.1) is 0 Å². The van der Waals surface area contributed by atoms with Crippen molar-refractivity contribution in [2.24, 2.45) is 5.73 Å². The Kier molecular flexibility index (Phi) is 5.77. The molecule has 0 aromatic heterocycles. The first-order valence-corrected chi connectivity index (χ1v) is 8.40. The summed E-state index contributed by atoms with van der Waals surface area (Å²) in [4.78, 5) is 0. The van der Waals surface area contributed by atoms with Gasteiger partial charge in [-0.05, 0) is 17.2 Å². The summed E-state index contributed by atoms with van der Waals surface area (Å²) in [5.41, 5.74) is 7.88. The highest BCUT2D eigenvalue weighted by Crippen LogP contribution is 2.20. The van der Waals surface area contributed by atoms with Crippen LogP contribution >= 0.6 is 11.6 Å². The Bertz CT molecular complexity index is 574. The van der Waals surface area contributed by atoms with Crippen LogP contribution in [-0.2, 0) is 16.6 Å². The van der Waals surface area contributed by atoms with E-state index < -0.39 is 10.8 Å². The van der Waals surface area contributed by atoms with Crippen molar-refractivity contribution in [3.05, 3.63) is 70.7 Å². The molecule has 2 aromatic carbocycles. The summed E-state index contributed by atoms with van der Waals surface area (Å²) < 4.78 is 12.3. The highest BCUT2D eigenvalue weighted by Gasteiger charge is 2.14. The first-order valence-electron chi connectivity index (χ1n) is 6.54. The van der Waals surface area contributed by atoms with Crippen molar-refractivity contribution in [3.63, 3.8) is 0 Å². The van der Waals surface area contributed by atoms with Crippen LogP contribution < -0.4 is 5.73 Å². The van der Waals surface area contributed by atoms with E-state index in [1.165, 1.54) is 0 Å². The number of benzene rings is 2. The summed E-state index contributed by atoms with van der Waals surface area (Å²) in [6.45, 7) is 0.498. The molecule has 0 spiro atoms. The van der Waals surface area contributed by atoms with Gasteiger partial charge >= 0.3 is 0 Å². The Labute approximate surface area is 127 Å². The van der Waals surface area contributed by atoms with Crippen LogP contribution in [-0.4, -0.2) is 16.5 Å². The number of rotatable bonds is 6. The fourth-order valence-electron chi connectivity index (χ4n) is 2.10. The molecular weight excluding hydrogens is 290 g/mol. The van der Waals surface area contributed by atoms with Gasteiger partial charge in [-0.15, -0.1) is 0 Å². The maximum absolute atomic E-state index is 12.3. The lowest BCUT2D eigenvalue weighted by molar-refractivity contribution is 0.672. The molecule has 4 heteroatoms. The molecule has 0 amide bonds. The van der Waals surface area contributed by atoms with Crippen molar-refractivity contribution in [3.8, 4) is 0 Å². The molecule has 2 atom stereocenters. The smallest absolute Gasteiger partial charge is 0.0500 e. The second-order valence-electron chi connectivity index (χ2n) is 4.69. The quantitative estimate of drug-likeness (QED) is 0.889. The molecular formula is C16H18ClNOS. The summed E-state index contributed by atoms with van der Waals surface area (Å²) in [6, 6.07) is 17.5. The van der Waals surface area contributed by atoms with Crippen molar-refractivity contribution in [1.82, 2.24) is 0 Å². The zero-order valence-electron chi connectivity index (χ0n) is 11.2. The Morgan fingerprint density at radius 3 is 2.35 bits per heavy atom. The van der Waals surface area contributed by atoms with Gasteiger partial charge in [-0.2, -0.15) is 0 Å². The third-order valence-corrected chi connectivity index (χ3v) is 4.99. The highest BCUT2D eigenvalue weighted by molar-refractivity contribution is 7.84. The first-order chi connectivity index (χ1) is 9.70. The van der Waals surface area contributed by atoms with Gasteiger partial charge in [0.05, 0.1) is 5.75 Å². The molecule has 2 aromatic rings. The van der Waals surface area contributed by atoms with Crippen molar-refractivity contribution < 1.29 is 4.21 Å². The molecule has 2 unspecified atom stereocenters. The normalized spacial score (nSPS) is 13.9. The molecule has 106 valence electrons. The second kappa shape index (κ2) is 7.58. The third-order valence-electron chi connectivity index (χ3n) is 3.22. The van der Waals surface area contributed by atoms with Gasteiger partial charge in [-0.3, -0.25) is 4.21 Å². The summed E-state index contributed by atoms with van der Waals surface area (Å²) in [5.74, 6) is 1.16. The van der Waals surface area contributed by atoms with E-state index in [-0.39, 0.29) is 5.92 Å². The standard InChI is InChI=1S/C16H18ClNOS/c17-16-9-5-4-8-14(16)11-20(19)12-15(10-18)13-6-2-1-3-7-13/h1-9,15H,10-12,18H2. The van der Waals surface area contributed by atoms with Crippen LogP contribution in [0.2, 0.25) is 5.02 Å². The van der Waals surface area contributed by atoms with E-state index >= 15 is 0 Å². The summed E-state index contributed by atoms with van der Waals surface area (Å²) in [6.07, 6.45) is 0. The summed E-state index contributed by atoms with van der Waals surface area (Å²) >= 11 is 6.10. The predicted molar refractivity (Wildman–Crippen MR) is 86.4 cm³/mol. The van der Waals surface area contributed by atoms with E-state index in [1.54, 1.807) is 0 Å². The summed E-state index contributed by atoms with van der Waals surface area (Å²) in [7, 11) is -0.976. The van der Waals surface area contributed by atoms with E-state index in [1.807, 2.05) is 54.6 Å². The van der Waals surface area contributed by atoms with Crippen LogP contribution in [0.5, 0.6) is 0 Å². The van der Waals surface area contributed by atoms with Crippen LogP contribution in [0.25, 0.3) is 0 Å². The zero-order chi connectivity index (χ0) is 14.4. The number of halogens is 1. The lowest BCUT2D eigenvalue weighted by Crippen LogP contribution is -2.19. The molecule has 2 rings (SSSR count). The number of hydrogen-bond acceptors (Lipinski definition) is 2. The Morgan fingerprint density at radius 2 is 1.70 bits per heavy atom. The Balaban J connectivity index is 2.02. The van der Waals surface area contributed by atoms with Gasteiger partial charge < -0.3 is 5.73 Å². The molecule has 2 nitrogen and oxygen atoms in total. The van der Waals surface area contributed by atoms with Crippen LogP contribution in [0.15, 0.2) is 54.6 Å². The number of nitrogens with two attached hydrogens (primary N) is 1. The SMILES string of the molecule is NCC(CS(=O)Cc1ccccc1Cl)c1ccccc1. The van der Waals surface area contributed by atoms with Crippen LogP contribution in [0.4, 0.5) is 0 Å². The maximum Gasteiger partial charge on any atom is 0.0500 e. The molecule has 0 saturated carbocycles. The van der Waals surface area contributed by atoms with Gasteiger partial charge in [0, 0.05) is 34.0 Å². The minimum Gasteiger partial charge on any atom is -0.330 e. The fraction of sp³-hybridized carbons (Fsp3) is 0.250. The summed E-state index contributed by atoms with van der Waals surface area (Å²) in [5, 5.41) is 0.671. The Morgan fingerprint density at radius 1 is 1.05 bits per heavy atom. The number of hydrogen-bond donors (Lipinski definition) is 1. The van der Waals surface area contributed by atoms with E-state index in [0.29, 0.717) is 23.1 Å². The Hall–Kier alpha value is -1.16. The molecule has 0 saturated heterocycles. The van der Waals surface area contributed by atoms with Crippen LogP contribution in [0.1, 0.15) is 17.0 Å². The monoisotopic (exact) mass is 307 g/mol. The third kappa shape index (κ3) is 4.17. The molecule has 0 aliphatic rings. The van der Waals surface area contributed by atoms with Gasteiger partial charge in [-0.25, -0.2) is 0 Å². The first kappa shape index (κ1) is 15.2. The molecule has 0 bridgehead atoms. The average Bonchev–Trinajstić information content (AvgIpc) is 2.48. The zero-order valence-corrected chi connectivity index (χ0v) is 12.7. The van der Waals surface area contributed by atoms with Gasteiger partial charge in [0.15, 0.2) is 0 Å². The minimum absolute atomic E-state index is 0.125. The molecule has 0 aliphatic heterocycles. The molecule has 0 heterocycles. The molecule has 0 aliphatic carbocycles. The topological polar surface area (TPSA) is 43.1 Å². The highest BCUT2D eigenvalue weighted by atomic mass is 35.5. The average molecular weight is 308 g/mol. The largest absolute Gasteiger partial charge is 0.330 e. The lowest BCUT2D eigenvalue weighted by Gasteiger charge is -2.15. The van der Waals surface area contributed by atoms with Crippen molar-refractivity contribution in [1.29, 1.82) is 0 Å². The maximum atomic E-state index is 12.3. The van der Waals surface area contributed by atoms with E-state index in [0.717, 1.165) is 11.1 Å². The molecule has 0 fully saturated rings. The minimum atomic E-state index is -0.976. The molecule has 2 N–H and O–H groups in total. The van der Waals surface area contributed by atoms with Gasteiger partial charge in [0.2, 0.25) is 0 Å². The molecule has 0 radical (unpaired) electrons. The van der Waals surface area contributed by atoms with Gasteiger partial charge in [-0.1, -0.05) is 60.1 Å². The second-order valence-corrected chi connectivity index (χ2v) is 6.59. The fourth-order valence-corrected chi connectivity index (χ4v) is 3.87. The lowest BCUT2D eigenvalue weighted by atomic mass is 10.0. The van der Waals surface area contributed by atoms with Crippen molar-refractivity contribution in [2.75, 3.05) is 12.3 Å². The van der Waals surface area contributed by atoms with E-state index in [4.69, 9.17) is 17.3 Å². The molecule has 20 heavy (non-hydrogen) atoms. The van der Waals surface area contributed by atoms with Crippen LogP contribution in [0.3, 0.4) is 0 Å². The van der Waals surface area contributed by atoms with Crippen molar-refractivity contribution >= 4 is 22.4 Å².